The number of aliphatic hydroxyl groups is 1. The van der Waals surface area contributed by atoms with E-state index < -0.39 is 11.4 Å². The van der Waals surface area contributed by atoms with Gasteiger partial charge >= 0.3 is 5.97 Å². The van der Waals surface area contributed by atoms with E-state index in [-0.39, 0.29) is 46.4 Å². The lowest BCUT2D eigenvalue weighted by Gasteiger charge is -2.68. The predicted octanol–water partition coefficient (Wildman–Crippen LogP) is 9.10. The molecule has 0 bridgehead atoms. The molecule has 0 radical (unpaired) electrons. The first-order valence-corrected chi connectivity index (χ1v) is 16.5. The van der Waals surface area contributed by atoms with Crippen LogP contribution in [0.2, 0.25) is 0 Å². The van der Waals surface area contributed by atoms with E-state index >= 15 is 0 Å². The maximum atomic E-state index is 13.1. The van der Waals surface area contributed by atoms with Crippen molar-refractivity contribution in [2.75, 3.05) is 0 Å². The molecule has 2 N–H and O–H groups in total. The van der Waals surface area contributed by atoms with Gasteiger partial charge in [0, 0.05) is 6.42 Å². The van der Waals surface area contributed by atoms with Crippen LogP contribution in [0.1, 0.15) is 141 Å². The van der Waals surface area contributed by atoms with Crippen LogP contribution in [0.3, 0.4) is 0 Å². The Bertz CT molecular complexity index is 916. The van der Waals surface area contributed by atoms with E-state index in [0.29, 0.717) is 24.2 Å². The fraction of sp³-hybridized carbons (Fsp3) is 0.886. The molecule has 5 unspecified atom stereocenters. The first-order valence-electron chi connectivity index (χ1n) is 16.5. The van der Waals surface area contributed by atoms with E-state index in [4.69, 9.17) is 0 Å². The zero-order chi connectivity index (χ0) is 30.1. The number of carbonyl (C=O) groups is 2. The standard InChI is InChI=1S/C29H44O4.3C2H6/c1-16(2)23-19(30)15-29(25(32)33)14-9-18-17(24(23)29)7-8-21-27(18,5)12-10-20-26(3,4)22(31)11-13-28(20,21)6;3*1-2/h16-18,20-22,31H,7-15H2,1-6H3,(H,32,33);3*1-2H3/t17?,18?,20?,21?,22-,27-,28-,29?;;;/m0.../s1. The Morgan fingerprint density at radius 2 is 1.36 bits per heavy atom. The number of hydrogen-bond acceptors (Lipinski definition) is 3. The van der Waals surface area contributed by atoms with Crippen LogP contribution < -0.4 is 0 Å². The van der Waals surface area contributed by atoms with Crippen LogP contribution in [-0.4, -0.2) is 28.1 Å². The maximum absolute atomic E-state index is 13.1. The average molecular weight is 547 g/mol. The fourth-order valence-corrected chi connectivity index (χ4v) is 10.5. The number of rotatable bonds is 2. The van der Waals surface area contributed by atoms with Gasteiger partial charge in [0.15, 0.2) is 5.78 Å². The number of fused-ring (bicyclic) bond motifs is 7. The van der Waals surface area contributed by atoms with Crippen molar-refractivity contribution < 1.29 is 19.8 Å². The minimum absolute atomic E-state index is 0.0542. The minimum Gasteiger partial charge on any atom is -0.481 e. The lowest BCUT2D eigenvalue weighted by molar-refractivity contribution is -0.203. The molecule has 0 aliphatic heterocycles. The van der Waals surface area contributed by atoms with E-state index in [1.165, 1.54) is 0 Å². The number of allylic oxidation sites excluding steroid dienone is 1. The van der Waals surface area contributed by atoms with Gasteiger partial charge in [-0.25, -0.2) is 0 Å². The zero-order valence-electron chi connectivity index (χ0n) is 27.5. The molecule has 5 aliphatic rings. The van der Waals surface area contributed by atoms with Crippen molar-refractivity contribution >= 4 is 11.8 Å². The van der Waals surface area contributed by atoms with E-state index in [1.54, 1.807) is 0 Å². The highest BCUT2D eigenvalue weighted by molar-refractivity contribution is 6.05. The highest BCUT2D eigenvalue weighted by atomic mass is 16.4. The second-order valence-electron chi connectivity index (χ2n) is 13.8. The van der Waals surface area contributed by atoms with Crippen LogP contribution in [0.25, 0.3) is 0 Å². The normalized spacial score (nSPS) is 41.7. The lowest BCUT2D eigenvalue weighted by Crippen LogP contribution is -2.62. The quantitative estimate of drug-likeness (QED) is 0.362. The monoisotopic (exact) mass is 546 g/mol. The number of aliphatic hydroxyl groups excluding tert-OH is 1. The average Bonchev–Trinajstić information content (AvgIpc) is 3.23. The van der Waals surface area contributed by atoms with E-state index in [0.717, 1.165) is 56.1 Å². The van der Waals surface area contributed by atoms with Crippen molar-refractivity contribution in [1.29, 1.82) is 0 Å². The molecule has 5 rings (SSSR count). The molecule has 39 heavy (non-hydrogen) atoms. The van der Waals surface area contributed by atoms with Crippen molar-refractivity contribution in [3.8, 4) is 0 Å². The fourth-order valence-electron chi connectivity index (χ4n) is 10.5. The van der Waals surface area contributed by atoms with E-state index in [9.17, 15) is 19.8 Å². The minimum atomic E-state index is -0.945. The molecule has 8 atom stereocenters. The molecule has 5 aliphatic carbocycles. The van der Waals surface area contributed by atoms with Gasteiger partial charge in [-0.3, -0.25) is 9.59 Å². The Hall–Kier alpha value is -1.16. The van der Waals surface area contributed by atoms with Gasteiger partial charge in [-0.1, -0.05) is 83.1 Å². The van der Waals surface area contributed by atoms with Gasteiger partial charge in [0.1, 0.15) is 0 Å². The second kappa shape index (κ2) is 12.4. The summed E-state index contributed by atoms with van der Waals surface area (Å²) in [6, 6.07) is 0. The van der Waals surface area contributed by atoms with Gasteiger partial charge < -0.3 is 10.2 Å². The molecule has 4 saturated carbocycles. The number of carboxylic acids is 1. The predicted molar refractivity (Wildman–Crippen MR) is 162 cm³/mol. The topological polar surface area (TPSA) is 74.6 Å². The molecule has 0 aromatic carbocycles. The van der Waals surface area contributed by atoms with Gasteiger partial charge in [-0.05, 0) is 108 Å². The summed E-state index contributed by atoms with van der Waals surface area (Å²) in [7, 11) is 0. The van der Waals surface area contributed by atoms with Crippen molar-refractivity contribution in [3.63, 3.8) is 0 Å². The molecule has 4 nitrogen and oxygen atoms in total. The molecular formula is C35H62O4. The lowest BCUT2D eigenvalue weighted by atomic mass is 9.36. The van der Waals surface area contributed by atoms with Crippen molar-refractivity contribution in [1.82, 2.24) is 0 Å². The van der Waals surface area contributed by atoms with E-state index in [2.05, 4.69) is 41.5 Å². The van der Waals surface area contributed by atoms with Crippen molar-refractivity contribution in [3.05, 3.63) is 11.1 Å². The smallest absolute Gasteiger partial charge is 0.314 e. The first-order chi connectivity index (χ1) is 18.3. The third kappa shape index (κ3) is 4.97. The first kappa shape index (κ1) is 34.0. The SMILES string of the molecule is CC.CC.CC.CC(C)C1=C2C3CCC4[C@@](C)(CCC5C(C)(C)[C@@H](O)CC[C@@]54C)C3CCC2(C(=O)O)CC1=O. The Balaban J connectivity index is 0.000000833. The third-order valence-electron chi connectivity index (χ3n) is 12.0. The zero-order valence-corrected chi connectivity index (χ0v) is 27.5. The molecule has 4 heteroatoms. The Morgan fingerprint density at radius 1 is 0.795 bits per heavy atom. The molecule has 0 aromatic rings. The van der Waals surface area contributed by atoms with Crippen LogP contribution in [0.4, 0.5) is 0 Å². The number of hydrogen-bond donors (Lipinski definition) is 2. The van der Waals surface area contributed by atoms with E-state index in [1.807, 2.05) is 41.5 Å². The summed E-state index contributed by atoms with van der Waals surface area (Å²) < 4.78 is 0. The number of aliphatic carboxylic acids is 1. The molecule has 0 heterocycles. The van der Waals surface area contributed by atoms with Gasteiger partial charge in [-0.2, -0.15) is 0 Å². The molecule has 0 spiro atoms. The molecular weight excluding hydrogens is 484 g/mol. The van der Waals surface area contributed by atoms with Crippen molar-refractivity contribution in [2.24, 2.45) is 51.2 Å². The molecule has 226 valence electrons. The largest absolute Gasteiger partial charge is 0.481 e. The summed E-state index contributed by atoms with van der Waals surface area (Å²) >= 11 is 0. The summed E-state index contributed by atoms with van der Waals surface area (Å²) in [6.07, 6.45) is 7.94. The van der Waals surface area contributed by atoms with Crippen LogP contribution in [0, 0.1) is 51.2 Å². The number of ketones is 1. The molecule has 0 saturated heterocycles. The number of Topliss-reactive ketones (excluding diaryl/α,β-unsaturated/α-hetero) is 1. The van der Waals surface area contributed by atoms with Gasteiger partial charge in [0.2, 0.25) is 0 Å². The second-order valence-corrected chi connectivity index (χ2v) is 13.8. The highest BCUT2D eigenvalue weighted by Crippen LogP contribution is 2.72. The molecule has 4 fully saturated rings. The van der Waals surface area contributed by atoms with Gasteiger partial charge in [-0.15, -0.1) is 0 Å². The Kier molecular flexibility index (Phi) is 10.8. The van der Waals surface area contributed by atoms with Crippen LogP contribution >= 0.6 is 0 Å². The van der Waals surface area contributed by atoms with Crippen LogP contribution in [0.5, 0.6) is 0 Å². The van der Waals surface area contributed by atoms with Gasteiger partial charge in [0.25, 0.3) is 0 Å². The number of carboxylic acid groups (broad SMARTS) is 1. The highest BCUT2D eigenvalue weighted by Gasteiger charge is 2.67. The summed E-state index contributed by atoms with van der Waals surface area (Å²) in [6.45, 7) is 25.7. The van der Waals surface area contributed by atoms with Crippen LogP contribution in [0.15, 0.2) is 11.1 Å². The summed E-state index contributed by atoms with van der Waals surface area (Å²) in [5.41, 5.74) is 1.30. The van der Waals surface area contributed by atoms with Crippen molar-refractivity contribution in [2.45, 2.75) is 147 Å². The Labute approximate surface area is 240 Å². The molecule has 0 aromatic heterocycles. The summed E-state index contributed by atoms with van der Waals surface area (Å²) in [5, 5.41) is 21.2. The third-order valence-corrected chi connectivity index (χ3v) is 12.0. The van der Waals surface area contributed by atoms with Crippen LogP contribution in [-0.2, 0) is 9.59 Å². The number of carbonyl (C=O) groups excluding carboxylic acids is 1. The summed E-state index contributed by atoms with van der Waals surface area (Å²) in [5.74, 6) is 1.25. The maximum Gasteiger partial charge on any atom is 0.314 e. The molecule has 0 amide bonds. The Morgan fingerprint density at radius 3 is 1.90 bits per heavy atom. The van der Waals surface area contributed by atoms with Gasteiger partial charge in [0.05, 0.1) is 11.5 Å². The summed E-state index contributed by atoms with van der Waals surface area (Å²) in [4.78, 5) is 25.8.